The summed E-state index contributed by atoms with van der Waals surface area (Å²) in [6.07, 6.45) is 3.49. The van der Waals surface area contributed by atoms with Crippen molar-refractivity contribution in [2.75, 3.05) is 0 Å². The predicted molar refractivity (Wildman–Crippen MR) is 77.8 cm³/mol. The molecule has 0 radical (unpaired) electrons. The van der Waals surface area contributed by atoms with Gasteiger partial charge in [-0.3, -0.25) is 4.79 Å². The zero-order chi connectivity index (χ0) is 13.4. The first-order valence-corrected chi connectivity index (χ1v) is 6.88. The van der Waals surface area contributed by atoms with E-state index in [0.717, 1.165) is 35.1 Å². The zero-order valence-corrected chi connectivity index (χ0v) is 11.5. The number of aryl methyl sites for hydroxylation is 4. The van der Waals surface area contributed by atoms with Crippen LogP contribution in [0.3, 0.4) is 0 Å². The first kappa shape index (κ1) is 12.2. The fraction of sp³-hybridized carbons (Fsp3) is 0.278. The Hall–Kier alpha value is -1.89. The molecular weight excluding hydrogens is 232 g/mol. The summed E-state index contributed by atoms with van der Waals surface area (Å²) < 4.78 is 0. The molecule has 0 saturated carbocycles. The molecule has 0 aromatic heterocycles. The van der Waals surface area contributed by atoms with Crippen LogP contribution in [0.2, 0.25) is 0 Å². The van der Waals surface area contributed by atoms with E-state index in [0.29, 0.717) is 0 Å². The van der Waals surface area contributed by atoms with Gasteiger partial charge in [0.05, 0.1) is 0 Å². The van der Waals surface area contributed by atoms with Crippen LogP contribution in [0, 0.1) is 13.8 Å². The molecule has 0 spiro atoms. The van der Waals surface area contributed by atoms with Crippen LogP contribution in [0.25, 0.3) is 0 Å². The van der Waals surface area contributed by atoms with Gasteiger partial charge >= 0.3 is 0 Å². The van der Waals surface area contributed by atoms with Crippen LogP contribution in [0.5, 0.6) is 0 Å². The molecule has 2 aromatic carbocycles. The Kier molecular flexibility index (Phi) is 2.98. The summed E-state index contributed by atoms with van der Waals surface area (Å²) in [5.41, 5.74) is 6.68. The van der Waals surface area contributed by atoms with E-state index in [-0.39, 0.29) is 5.78 Å². The van der Waals surface area contributed by atoms with Crippen molar-refractivity contribution < 1.29 is 4.79 Å². The minimum Gasteiger partial charge on any atom is -0.289 e. The van der Waals surface area contributed by atoms with E-state index < -0.39 is 0 Å². The summed E-state index contributed by atoms with van der Waals surface area (Å²) >= 11 is 0. The number of hydrogen-bond acceptors (Lipinski definition) is 1. The Morgan fingerprint density at radius 3 is 2.26 bits per heavy atom. The van der Waals surface area contributed by atoms with E-state index in [1.165, 1.54) is 17.5 Å². The van der Waals surface area contributed by atoms with Crippen molar-refractivity contribution in [1.82, 2.24) is 0 Å². The molecule has 0 amide bonds. The van der Waals surface area contributed by atoms with E-state index in [9.17, 15) is 4.79 Å². The molecule has 19 heavy (non-hydrogen) atoms. The Morgan fingerprint density at radius 2 is 1.53 bits per heavy atom. The highest BCUT2D eigenvalue weighted by Crippen LogP contribution is 2.24. The maximum atomic E-state index is 12.6. The van der Waals surface area contributed by atoms with Gasteiger partial charge in [0.25, 0.3) is 0 Å². The monoisotopic (exact) mass is 250 g/mol. The molecular formula is C18H18O. The molecule has 0 atom stereocenters. The van der Waals surface area contributed by atoms with Crippen LogP contribution in [0.1, 0.15) is 44.6 Å². The molecule has 96 valence electrons. The smallest absolute Gasteiger partial charge is 0.193 e. The molecule has 3 rings (SSSR count). The van der Waals surface area contributed by atoms with Crippen molar-refractivity contribution in [3.8, 4) is 0 Å². The van der Waals surface area contributed by atoms with E-state index in [1.807, 2.05) is 32.0 Å². The quantitative estimate of drug-likeness (QED) is 0.736. The second-order valence-electron chi connectivity index (χ2n) is 5.54. The first-order valence-electron chi connectivity index (χ1n) is 6.88. The summed E-state index contributed by atoms with van der Waals surface area (Å²) in [7, 11) is 0. The van der Waals surface area contributed by atoms with E-state index in [2.05, 4.69) is 18.2 Å². The normalized spacial score (nSPS) is 13.4. The summed E-state index contributed by atoms with van der Waals surface area (Å²) in [5.74, 6) is 0.140. The van der Waals surface area contributed by atoms with Gasteiger partial charge in [-0.25, -0.2) is 0 Å². The third-order valence-corrected chi connectivity index (χ3v) is 3.84. The maximum Gasteiger partial charge on any atom is 0.193 e. The fourth-order valence-electron chi connectivity index (χ4n) is 2.99. The molecule has 1 heteroatoms. The molecule has 1 aliphatic rings. The molecule has 1 nitrogen and oxygen atoms in total. The third-order valence-electron chi connectivity index (χ3n) is 3.84. The zero-order valence-electron chi connectivity index (χ0n) is 11.5. The SMILES string of the molecule is Cc1cc(C)cc(C(=O)c2ccc3c(c2)CCC3)c1. The van der Waals surface area contributed by atoms with Crippen LogP contribution >= 0.6 is 0 Å². The number of benzene rings is 2. The van der Waals surface area contributed by atoms with E-state index in [4.69, 9.17) is 0 Å². The molecule has 0 saturated heterocycles. The minimum absolute atomic E-state index is 0.140. The van der Waals surface area contributed by atoms with Crippen molar-refractivity contribution >= 4 is 5.78 Å². The summed E-state index contributed by atoms with van der Waals surface area (Å²) in [4.78, 5) is 12.6. The average Bonchev–Trinajstić information content (AvgIpc) is 2.83. The van der Waals surface area contributed by atoms with Gasteiger partial charge in [-0.1, -0.05) is 29.3 Å². The van der Waals surface area contributed by atoms with Crippen LogP contribution in [-0.2, 0) is 12.8 Å². The van der Waals surface area contributed by atoms with E-state index in [1.54, 1.807) is 0 Å². The maximum absolute atomic E-state index is 12.6. The van der Waals surface area contributed by atoms with Gasteiger partial charge in [-0.15, -0.1) is 0 Å². The van der Waals surface area contributed by atoms with Crippen molar-refractivity contribution in [3.05, 3.63) is 69.8 Å². The van der Waals surface area contributed by atoms with Gasteiger partial charge in [0.1, 0.15) is 0 Å². The van der Waals surface area contributed by atoms with Crippen LogP contribution in [-0.4, -0.2) is 5.78 Å². The molecule has 0 heterocycles. The third kappa shape index (κ3) is 2.33. The Bertz CT molecular complexity index is 632. The number of rotatable bonds is 2. The van der Waals surface area contributed by atoms with Crippen molar-refractivity contribution in [1.29, 1.82) is 0 Å². The van der Waals surface area contributed by atoms with Gasteiger partial charge in [0.15, 0.2) is 5.78 Å². The first-order chi connectivity index (χ1) is 9.13. The fourth-order valence-corrected chi connectivity index (χ4v) is 2.99. The van der Waals surface area contributed by atoms with Crippen LogP contribution in [0.4, 0.5) is 0 Å². The Labute approximate surface area is 114 Å². The number of hydrogen-bond donors (Lipinski definition) is 0. The number of fused-ring (bicyclic) bond motifs is 1. The summed E-state index contributed by atoms with van der Waals surface area (Å²) in [6.45, 7) is 4.07. The van der Waals surface area contributed by atoms with Gasteiger partial charge in [0.2, 0.25) is 0 Å². The summed E-state index contributed by atoms with van der Waals surface area (Å²) in [6, 6.07) is 12.2. The second-order valence-corrected chi connectivity index (χ2v) is 5.54. The largest absolute Gasteiger partial charge is 0.289 e. The van der Waals surface area contributed by atoms with Crippen molar-refractivity contribution in [2.45, 2.75) is 33.1 Å². The topological polar surface area (TPSA) is 17.1 Å². The van der Waals surface area contributed by atoms with Crippen LogP contribution in [0.15, 0.2) is 36.4 Å². The lowest BCUT2D eigenvalue weighted by molar-refractivity contribution is 0.103. The second kappa shape index (κ2) is 4.65. The predicted octanol–water partition coefficient (Wildman–Crippen LogP) is 4.02. The van der Waals surface area contributed by atoms with Crippen LogP contribution < -0.4 is 0 Å². The lowest BCUT2D eigenvalue weighted by Crippen LogP contribution is -2.03. The van der Waals surface area contributed by atoms with Gasteiger partial charge in [-0.2, -0.15) is 0 Å². The van der Waals surface area contributed by atoms with Crippen molar-refractivity contribution in [3.63, 3.8) is 0 Å². The standard InChI is InChI=1S/C18H18O/c1-12-8-13(2)10-17(9-12)18(19)16-7-6-14-4-3-5-15(14)11-16/h6-11H,3-5H2,1-2H3. The lowest BCUT2D eigenvalue weighted by Gasteiger charge is -2.06. The lowest BCUT2D eigenvalue weighted by atomic mass is 9.97. The average molecular weight is 250 g/mol. The highest BCUT2D eigenvalue weighted by Gasteiger charge is 2.15. The summed E-state index contributed by atoms with van der Waals surface area (Å²) in [5, 5.41) is 0. The molecule has 0 bridgehead atoms. The highest BCUT2D eigenvalue weighted by atomic mass is 16.1. The van der Waals surface area contributed by atoms with Crippen molar-refractivity contribution in [2.24, 2.45) is 0 Å². The minimum atomic E-state index is 0.140. The molecule has 1 aliphatic carbocycles. The molecule has 0 unspecified atom stereocenters. The van der Waals surface area contributed by atoms with Gasteiger partial charge < -0.3 is 0 Å². The molecule has 0 aliphatic heterocycles. The Morgan fingerprint density at radius 1 is 0.842 bits per heavy atom. The Balaban J connectivity index is 1.99. The number of carbonyl (C=O) groups excluding carboxylic acids is 1. The highest BCUT2D eigenvalue weighted by molar-refractivity contribution is 6.09. The molecule has 0 N–H and O–H groups in total. The van der Waals surface area contributed by atoms with E-state index >= 15 is 0 Å². The molecule has 2 aromatic rings. The molecule has 0 fully saturated rings. The number of carbonyl (C=O) groups is 1. The van der Waals surface area contributed by atoms with Gasteiger partial charge in [0, 0.05) is 11.1 Å². The van der Waals surface area contributed by atoms with Gasteiger partial charge in [-0.05, 0) is 62.4 Å². The number of ketones is 1.